The molecule has 4 rings (SSSR count). The van der Waals surface area contributed by atoms with Crippen LogP contribution in [-0.2, 0) is 18.0 Å². The highest BCUT2D eigenvalue weighted by molar-refractivity contribution is 5.16. The van der Waals surface area contributed by atoms with Gasteiger partial charge in [-0.2, -0.15) is 0 Å². The molecule has 0 spiro atoms. The molecule has 4 heterocycles. The minimum absolute atomic E-state index is 0. The zero-order valence-corrected chi connectivity index (χ0v) is 30.6. The SMILES string of the molecule is C.C.CC(C)(C)CN1CCCCC1.CC(C)(C)N1CC[C@H](N)C1.Cc1ccc(C)n1C(C)(C)C.Cn1ccnc1C(C)(C)C. The Kier molecular flexibility index (Phi) is 18.7. The van der Waals surface area contributed by atoms with Gasteiger partial charge in [-0.1, -0.05) is 62.8 Å². The minimum atomic E-state index is 0. The first-order valence-electron chi connectivity index (χ1n) is 16.4. The van der Waals surface area contributed by atoms with Gasteiger partial charge in [0.05, 0.1) is 0 Å². The topological polar surface area (TPSA) is 55.2 Å². The van der Waals surface area contributed by atoms with Crippen LogP contribution < -0.4 is 5.73 Å². The van der Waals surface area contributed by atoms with Crippen molar-refractivity contribution < 1.29 is 0 Å². The summed E-state index contributed by atoms with van der Waals surface area (Å²) in [5.41, 5.74) is 9.65. The minimum Gasteiger partial charge on any atom is -0.344 e. The van der Waals surface area contributed by atoms with Crippen molar-refractivity contribution in [3.05, 3.63) is 41.7 Å². The quantitative estimate of drug-likeness (QED) is 0.346. The van der Waals surface area contributed by atoms with E-state index < -0.39 is 0 Å². The molecule has 2 N–H and O–H groups in total. The third-order valence-corrected chi connectivity index (χ3v) is 7.75. The summed E-state index contributed by atoms with van der Waals surface area (Å²) < 4.78 is 4.41. The third kappa shape index (κ3) is 16.6. The number of rotatable bonds is 1. The molecule has 0 aliphatic carbocycles. The van der Waals surface area contributed by atoms with Crippen molar-refractivity contribution in [2.24, 2.45) is 18.2 Å². The fourth-order valence-corrected chi connectivity index (χ4v) is 6.00. The zero-order chi connectivity index (χ0) is 32.5. The fraction of sp³-hybridized carbons (Fsp3) is 0.816. The Labute approximate surface area is 276 Å². The van der Waals surface area contributed by atoms with Gasteiger partial charge >= 0.3 is 0 Å². The van der Waals surface area contributed by atoms with Crippen LogP contribution in [0.25, 0.3) is 0 Å². The van der Waals surface area contributed by atoms with Crippen LogP contribution >= 0.6 is 0 Å². The van der Waals surface area contributed by atoms with Gasteiger partial charge < -0.3 is 19.8 Å². The smallest absolute Gasteiger partial charge is 0.113 e. The molecule has 0 amide bonds. The highest BCUT2D eigenvalue weighted by Gasteiger charge is 2.28. The molecule has 260 valence electrons. The second-order valence-corrected chi connectivity index (χ2v) is 16.8. The van der Waals surface area contributed by atoms with E-state index in [1.165, 1.54) is 56.8 Å². The van der Waals surface area contributed by atoms with Crippen molar-refractivity contribution in [2.75, 3.05) is 32.7 Å². The van der Waals surface area contributed by atoms with E-state index in [2.05, 4.69) is 133 Å². The average molecular weight is 619 g/mol. The number of hydrogen-bond donors (Lipinski definition) is 1. The summed E-state index contributed by atoms with van der Waals surface area (Å²) in [4.78, 5) is 9.29. The lowest BCUT2D eigenvalue weighted by Crippen LogP contribution is -2.40. The van der Waals surface area contributed by atoms with Gasteiger partial charge in [-0.15, -0.1) is 0 Å². The zero-order valence-electron chi connectivity index (χ0n) is 30.6. The normalized spacial score (nSPS) is 18.0. The van der Waals surface area contributed by atoms with Gasteiger partial charge in [0.2, 0.25) is 0 Å². The number of aromatic nitrogens is 3. The molecule has 0 saturated carbocycles. The maximum atomic E-state index is 5.78. The van der Waals surface area contributed by atoms with Crippen molar-refractivity contribution in [3.63, 3.8) is 0 Å². The first-order valence-corrected chi connectivity index (χ1v) is 16.4. The fourth-order valence-electron chi connectivity index (χ4n) is 6.00. The lowest BCUT2D eigenvalue weighted by atomic mass is 9.95. The Hall–Kier alpha value is -1.63. The van der Waals surface area contributed by atoms with Crippen LogP contribution in [0.4, 0.5) is 0 Å². The summed E-state index contributed by atoms with van der Waals surface area (Å²) in [6.07, 6.45) is 9.24. The second-order valence-electron chi connectivity index (χ2n) is 16.8. The predicted octanol–water partition coefficient (Wildman–Crippen LogP) is 9.19. The molecule has 44 heavy (non-hydrogen) atoms. The van der Waals surface area contributed by atoms with Gasteiger partial charge in [0.25, 0.3) is 0 Å². The molecule has 0 bridgehead atoms. The van der Waals surface area contributed by atoms with Gasteiger partial charge in [-0.3, -0.25) is 4.90 Å². The molecule has 2 aliphatic heterocycles. The first kappa shape index (κ1) is 44.5. The summed E-state index contributed by atoms with van der Waals surface area (Å²) in [6.45, 7) is 37.3. The summed E-state index contributed by atoms with van der Waals surface area (Å²) in [5.74, 6) is 1.13. The Morgan fingerprint density at radius 1 is 0.773 bits per heavy atom. The molecular formula is C38H78N6. The van der Waals surface area contributed by atoms with Crippen molar-refractivity contribution in [1.82, 2.24) is 23.9 Å². The van der Waals surface area contributed by atoms with Gasteiger partial charge in [0.15, 0.2) is 0 Å². The van der Waals surface area contributed by atoms with Gasteiger partial charge in [-0.05, 0) is 105 Å². The molecule has 1 atom stereocenters. The largest absolute Gasteiger partial charge is 0.344 e. The maximum Gasteiger partial charge on any atom is 0.113 e. The molecule has 2 aromatic rings. The van der Waals surface area contributed by atoms with E-state index >= 15 is 0 Å². The third-order valence-electron chi connectivity index (χ3n) is 7.75. The molecule has 2 saturated heterocycles. The molecule has 6 nitrogen and oxygen atoms in total. The predicted molar refractivity (Wildman–Crippen MR) is 198 cm³/mol. The van der Waals surface area contributed by atoms with Crippen molar-refractivity contribution in [2.45, 2.75) is 160 Å². The van der Waals surface area contributed by atoms with Crippen LogP contribution in [0, 0.1) is 19.3 Å². The number of nitrogens with two attached hydrogens (primary N) is 1. The van der Waals surface area contributed by atoms with Gasteiger partial charge in [0, 0.05) is 73.0 Å². The molecule has 0 radical (unpaired) electrons. The van der Waals surface area contributed by atoms with Crippen LogP contribution in [0.3, 0.4) is 0 Å². The second kappa shape index (κ2) is 18.5. The first-order chi connectivity index (χ1) is 19.0. The van der Waals surface area contributed by atoms with Crippen molar-refractivity contribution in [1.29, 1.82) is 0 Å². The molecule has 6 heteroatoms. The standard InChI is InChI=1S/C10H17N.C10H21N.C8H14N2.C8H18N2.2CH4/c1-8-6-7-9(2)11(8)10(3,4)5;1-10(2,3)9-11-7-5-4-6-8-11;1-8(2,3)7-9-5-6-10(7)4;1-8(2,3)10-5-4-7(9)6-10;;/h6-7H,1-5H3;4-9H2,1-3H3;5-6H,1-4H3;7H,4-6,9H2,1-3H3;2*1H4/t;;;7-;;/m...0../s1. The molecule has 2 fully saturated rings. The van der Waals surface area contributed by atoms with Crippen LogP contribution in [-0.4, -0.2) is 68.2 Å². The molecule has 0 aromatic carbocycles. The molecular weight excluding hydrogens is 540 g/mol. The van der Waals surface area contributed by atoms with Crippen LogP contribution in [0.5, 0.6) is 0 Å². The Balaban J connectivity index is 0. The lowest BCUT2D eigenvalue weighted by molar-refractivity contribution is 0.164. The molecule has 2 aromatic heterocycles. The Bertz CT molecular complexity index is 994. The van der Waals surface area contributed by atoms with E-state index in [1.54, 1.807) is 0 Å². The van der Waals surface area contributed by atoms with Crippen LogP contribution in [0.1, 0.15) is 141 Å². The Morgan fingerprint density at radius 3 is 1.52 bits per heavy atom. The number of likely N-dealkylation sites (tertiary alicyclic amines) is 2. The number of hydrogen-bond acceptors (Lipinski definition) is 4. The van der Waals surface area contributed by atoms with E-state index in [1.807, 2.05) is 19.4 Å². The van der Waals surface area contributed by atoms with Crippen molar-refractivity contribution >= 4 is 0 Å². The monoisotopic (exact) mass is 619 g/mol. The van der Waals surface area contributed by atoms with Crippen LogP contribution in [0.15, 0.2) is 24.5 Å². The van der Waals surface area contributed by atoms with Gasteiger partial charge in [-0.25, -0.2) is 4.98 Å². The average Bonchev–Trinajstić information content (AvgIpc) is 3.53. The van der Waals surface area contributed by atoms with Crippen molar-refractivity contribution in [3.8, 4) is 0 Å². The summed E-state index contributed by atoms with van der Waals surface area (Å²) >= 11 is 0. The highest BCUT2D eigenvalue weighted by Crippen LogP contribution is 2.21. The van der Waals surface area contributed by atoms with E-state index in [0.29, 0.717) is 17.0 Å². The lowest BCUT2D eigenvalue weighted by Gasteiger charge is -2.32. The van der Waals surface area contributed by atoms with E-state index in [-0.39, 0.29) is 25.8 Å². The molecule has 2 aliphatic rings. The number of aryl methyl sites for hydroxylation is 3. The number of piperidine rings is 1. The van der Waals surface area contributed by atoms with E-state index in [0.717, 1.165) is 18.8 Å². The van der Waals surface area contributed by atoms with E-state index in [9.17, 15) is 0 Å². The number of nitrogens with zero attached hydrogens (tertiary/aromatic N) is 5. The maximum absolute atomic E-state index is 5.78. The van der Waals surface area contributed by atoms with Gasteiger partial charge in [0.1, 0.15) is 5.82 Å². The summed E-state index contributed by atoms with van der Waals surface area (Å²) in [5, 5.41) is 0. The Morgan fingerprint density at radius 2 is 1.27 bits per heavy atom. The number of imidazole rings is 1. The van der Waals surface area contributed by atoms with Crippen LogP contribution in [0.2, 0.25) is 0 Å². The summed E-state index contributed by atoms with van der Waals surface area (Å²) in [6, 6.07) is 4.75. The summed E-state index contributed by atoms with van der Waals surface area (Å²) in [7, 11) is 2.02. The van der Waals surface area contributed by atoms with E-state index in [4.69, 9.17) is 5.73 Å². The highest BCUT2D eigenvalue weighted by atomic mass is 15.2. The molecule has 0 unspecified atom stereocenters.